The minimum absolute atomic E-state index is 0.0688. The molecule has 3 aromatic rings. The van der Waals surface area contributed by atoms with E-state index in [2.05, 4.69) is 0 Å². The van der Waals surface area contributed by atoms with Crippen LogP contribution in [-0.4, -0.2) is 5.11 Å². The summed E-state index contributed by atoms with van der Waals surface area (Å²) >= 11 is 5.86. The van der Waals surface area contributed by atoms with Crippen molar-refractivity contribution in [3.05, 3.63) is 63.5 Å². The maximum Gasteiger partial charge on any atom is 0.344 e. The minimum atomic E-state index is -0.428. The number of halogens is 1. The highest BCUT2D eigenvalue weighted by molar-refractivity contribution is 6.30. The lowest BCUT2D eigenvalue weighted by atomic mass is 10.00. The maximum absolute atomic E-state index is 12.2. The monoisotopic (exact) mass is 286 g/mol. The Kier molecular flexibility index (Phi) is 2.99. The van der Waals surface area contributed by atoms with Gasteiger partial charge in [-0.3, -0.25) is 0 Å². The molecule has 1 N–H and O–H groups in total. The number of benzene rings is 2. The topological polar surface area (TPSA) is 50.4 Å². The highest BCUT2D eigenvalue weighted by Crippen LogP contribution is 2.29. The van der Waals surface area contributed by atoms with E-state index in [0.717, 1.165) is 16.5 Å². The second kappa shape index (κ2) is 4.69. The number of phenols is 1. The maximum atomic E-state index is 12.2. The van der Waals surface area contributed by atoms with E-state index in [-0.39, 0.29) is 5.75 Å². The Morgan fingerprint density at radius 1 is 1.10 bits per heavy atom. The van der Waals surface area contributed by atoms with Gasteiger partial charge < -0.3 is 9.52 Å². The molecule has 3 nitrogen and oxygen atoms in total. The van der Waals surface area contributed by atoms with Gasteiger partial charge in [0.05, 0.1) is 5.56 Å². The zero-order valence-electron chi connectivity index (χ0n) is 10.7. The summed E-state index contributed by atoms with van der Waals surface area (Å²) in [5.41, 5.74) is 2.04. The molecule has 0 aliphatic carbocycles. The molecule has 2 aromatic carbocycles. The Bertz CT molecular complexity index is 848. The fraction of sp³-hybridized carbons (Fsp3) is 0.0625. The van der Waals surface area contributed by atoms with E-state index in [4.69, 9.17) is 16.0 Å². The number of aromatic hydroxyl groups is 1. The normalized spacial score (nSPS) is 10.9. The van der Waals surface area contributed by atoms with Crippen LogP contribution in [0.5, 0.6) is 5.75 Å². The second-order valence-corrected chi connectivity index (χ2v) is 5.01. The van der Waals surface area contributed by atoms with Crippen LogP contribution in [0.1, 0.15) is 5.56 Å². The molecule has 0 aliphatic heterocycles. The van der Waals surface area contributed by atoms with Gasteiger partial charge in [-0.05, 0) is 42.3 Å². The summed E-state index contributed by atoms with van der Waals surface area (Å²) in [5, 5.41) is 10.9. The zero-order valence-corrected chi connectivity index (χ0v) is 11.4. The van der Waals surface area contributed by atoms with Gasteiger partial charge in [-0.2, -0.15) is 0 Å². The first-order valence-corrected chi connectivity index (χ1v) is 6.46. The van der Waals surface area contributed by atoms with Crippen molar-refractivity contribution in [1.82, 2.24) is 0 Å². The summed E-state index contributed by atoms with van der Waals surface area (Å²) in [6, 6.07) is 11.8. The third kappa shape index (κ3) is 2.06. The van der Waals surface area contributed by atoms with Crippen molar-refractivity contribution in [1.29, 1.82) is 0 Å². The van der Waals surface area contributed by atoms with E-state index in [0.29, 0.717) is 16.2 Å². The summed E-state index contributed by atoms with van der Waals surface area (Å²) in [6.45, 7) is 1.86. The SMILES string of the molecule is Cc1c(-c2ccc(Cl)cc2)c(=O)oc2cc(O)ccc12. The van der Waals surface area contributed by atoms with Crippen molar-refractivity contribution in [2.24, 2.45) is 0 Å². The van der Waals surface area contributed by atoms with Crippen LogP contribution in [0, 0.1) is 6.92 Å². The molecule has 1 heterocycles. The number of hydrogen-bond acceptors (Lipinski definition) is 3. The molecule has 0 saturated heterocycles. The fourth-order valence-corrected chi connectivity index (χ4v) is 2.42. The van der Waals surface area contributed by atoms with Crippen LogP contribution in [0.25, 0.3) is 22.1 Å². The van der Waals surface area contributed by atoms with Crippen molar-refractivity contribution in [3.8, 4) is 16.9 Å². The van der Waals surface area contributed by atoms with E-state index in [1.165, 1.54) is 6.07 Å². The van der Waals surface area contributed by atoms with Crippen LogP contribution in [0.4, 0.5) is 0 Å². The number of aryl methyl sites for hydroxylation is 1. The van der Waals surface area contributed by atoms with Gasteiger partial charge >= 0.3 is 5.63 Å². The van der Waals surface area contributed by atoms with Gasteiger partial charge in [-0.1, -0.05) is 23.7 Å². The fourth-order valence-electron chi connectivity index (χ4n) is 2.29. The number of fused-ring (bicyclic) bond motifs is 1. The highest BCUT2D eigenvalue weighted by Gasteiger charge is 2.13. The molecule has 0 spiro atoms. The Morgan fingerprint density at radius 3 is 2.50 bits per heavy atom. The van der Waals surface area contributed by atoms with Crippen LogP contribution >= 0.6 is 11.6 Å². The van der Waals surface area contributed by atoms with Crippen LogP contribution in [0.2, 0.25) is 5.02 Å². The lowest BCUT2D eigenvalue weighted by Crippen LogP contribution is -2.05. The van der Waals surface area contributed by atoms with Gasteiger partial charge in [0, 0.05) is 16.5 Å². The molecule has 20 heavy (non-hydrogen) atoms. The van der Waals surface area contributed by atoms with Crippen molar-refractivity contribution in [2.75, 3.05) is 0 Å². The molecule has 0 unspecified atom stereocenters. The van der Waals surface area contributed by atoms with Crippen LogP contribution in [0.3, 0.4) is 0 Å². The number of phenolic OH excluding ortho intramolecular Hbond substituents is 1. The zero-order chi connectivity index (χ0) is 14.3. The number of rotatable bonds is 1. The Hall–Kier alpha value is -2.26. The molecule has 0 fully saturated rings. The largest absolute Gasteiger partial charge is 0.508 e. The van der Waals surface area contributed by atoms with E-state index >= 15 is 0 Å². The summed E-state index contributed by atoms with van der Waals surface area (Å²) in [7, 11) is 0. The second-order valence-electron chi connectivity index (χ2n) is 4.58. The van der Waals surface area contributed by atoms with Crippen LogP contribution in [0.15, 0.2) is 51.7 Å². The van der Waals surface area contributed by atoms with Gasteiger partial charge in [-0.15, -0.1) is 0 Å². The third-order valence-corrected chi connectivity index (χ3v) is 3.54. The first-order chi connectivity index (χ1) is 9.56. The van der Waals surface area contributed by atoms with Gasteiger partial charge in [0.2, 0.25) is 0 Å². The van der Waals surface area contributed by atoms with Crippen molar-refractivity contribution in [2.45, 2.75) is 6.92 Å². The smallest absolute Gasteiger partial charge is 0.344 e. The van der Waals surface area contributed by atoms with Crippen molar-refractivity contribution >= 4 is 22.6 Å². The quantitative estimate of drug-likeness (QED) is 0.684. The molecule has 0 aliphatic rings. The van der Waals surface area contributed by atoms with Gasteiger partial charge in [0.1, 0.15) is 11.3 Å². The molecule has 3 rings (SSSR count). The van der Waals surface area contributed by atoms with Crippen molar-refractivity contribution in [3.63, 3.8) is 0 Å². The predicted molar refractivity (Wildman–Crippen MR) is 79.3 cm³/mol. The molecule has 100 valence electrons. The first-order valence-electron chi connectivity index (χ1n) is 6.08. The van der Waals surface area contributed by atoms with E-state index in [1.54, 1.807) is 36.4 Å². The third-order valence-electron chi connectivity index (χ3n) is 3.28. The molecule has 4 heteroatoms. The van der Waals surface area contributed by atoms with Gasteiger partial charge in [-0.25, -0.2) is 4.79 Å². The summed E-state index contributed by atoms with van der Waals surface area (Å²) in [5.74, 6) is 0.0688. The summed E-state index contributed by atoms with van der Waals surface area (Å²) in [4.78, 5) is 12.2. The van der Waals surface area contributed by atoms with Crippen molar-refractivity contribution < 1.29 is 9.52 Å². The van der Waals surface area contributed by atoms with E-state index in [1.807, 2.05) is 6.92 Å². The Labute approximate surface area is 120 Å². The van der Waals surface area contributed by atoms with E-state index < -0.39 is 5.63 Å². The molecular formula is C16H11ClO3. The summed E-state index contributed by atoms with van der Waals surface area (Å²) in [6.07, 6.45) is 0. The molecule has 0 radical (unpaired) electrons. The highest BCUT2D eigenvalue weighted by atomic mass is 35.5. The lowest BCUT2D eigenvalue weighted by molar-refractivity contribution is 0.473. The van der Waals surface area contributed by atoms with Gasteiger partial charge in [0.25, 0.3) is 0 Å². The van der Waals surface area contributed by atoms with Gasteiger partial charge in [0.15, 0.2) is 0 Å². The predicted octanol–water partition coefficient (Wildman–Crippen LogP) is 4.13. The lowest BCUT2D eigenvalue weighted by Gasteiger charge is -2.08. The summed E-state index contributed by atoms with van der Waals surface area (Å²) < 4.78 is 5.29. The number of hydrogen-bond donors (Lipinski definition) is 1. The molecule has 1 aromatic heterocycles. The Balaban J connectivity index is 2.34. The molecule has 0 saturated carbocycles. The molecular weight excluding hydrogens is 276 g/mol. The van der Waals surface area contributed by atoms with Crippen LogP contribution in [-0.2, 0) is 0 Å². The van der Waals surface area contributed by atoms with E-state index in [9.17, 15) is 9.90 Å². The minimum Gasteiger partial charge on any atom is -0.508 e. The van der Waals surface area contributed by atoms with Crippen LogP contribution < -0.4 is 5.63 Å². The molecule has 0 bridgehead atoms. The average molecular weight is 287 g/mol. The molecule has 0 atom stereocenters. The average Bonchev–Trinajstić information content (AvgIpc) is 2.40. The first kappa shape index (κ1) is 12.8. The Morgan fingerprint density at radius 2 is 1.80 bits per heavy atom. The standard InChI is InChI=1S/C16H11ClO3/c1-9-13-7-6-12(18)8-14(13)20-16(19)15(9)10-2-4-11(17)5-3-10/h2-8,18H,1H3. The molecule has 0 amide bonds.